The number of nitriles is 1. The van der Waals surface area contributed by atoms with Crippen LogP contribution in [0.1, 0.15) is 10.4 Å². The number of fused-ring (bicyclic) bond motifs is 1. The number of tetrazole rings is 1. The summed E-state index contributed by atoms with van der Waals surface area (Å²) in [6.45, 7) is 0. The van der Waals surface area contributed by atoms with Crippen molar-refractivity contribution in [3.05, 3.63) is 124 Å². The van der Waals surface area contributed by atoms with Gasteiger partial charge < -0.3 is 0 Å². The molecule has 3 aromatic heterocycles. The Morgan fingerprint density at radius 2 is 1.73 bits per heavy atom. The minimum Gasteiger partial charge on any atom is -0.236 e. The molecule has 3 heterocycles. The van der Waals surface area contributed by atoms with E-state index in [4.69, 9.17) is 11.6 Å². The third-order valence-electron chi connectivity index (χ3n) is 7.41. The van der Waals surface area contributed by atoms with E-state index in [9.17, 15) is 18.1 Å². The molecule has 0 aliphatic rings. The van der Waals surface area contributed by atoms with Gasteiger partial charge in [0.1, 0.15) is 16.8 Å². The summed E-state index contributed by atoms with van der Waals surface area (Å²) in [5, 5.41) is 26.6. The van der Waals surface area contributed by atoms with Crippen LogP contribution < -0.4 is 0 Å². The third kappa shape index (κ3) is 5.19. The summed E-state index contributed by atoms with van der Waals surface area (Å²) in [5.74, 6) is -0.422. The van der Waals surface area contributed by atoms with Gasteiger partial charge in [0.05, 0.1) is 17.0 Å². The number of hydrogen-bond acceptors (Lipinski definition) is 7. The van der Waals surface area contributed by atoms with E-state index in [2.05, 4.69) is 26.7 Å². The molecule has 7 aromatic rings. The minimum absolute atomic E-state index is 0.292. The van der Waals surface area contributed by atoms with Crippen LogP contribution in [0.15, 0.2) is 102 Å². The van der Waals surface area contributed by atoms with Crippen LogP contribution in [0.5, 0.6) is 0 Å². The zero-order valence-electron chi connectivity index (χ0n) is 23.1. The fourth-order valence-electron chi connectivity index (χ4n) is 5.51. The smallest absolute Gasteiger partial charge is 0.236 e. The molecule has 7 rings (SSSR count). The molecule has 0 bridgehead atoms. The predicted molar refractivity (Wildman–Crippen MR) is 173 cm³/mol. The second kappa shape index (κ2) is 11.4. The molecule has 4 aromatic carbocycles. The summed E-state index contributed by atoms with van der Waals surface area (Å²) in [6, 6.07) is 29.6. The average Bonchev–Trinajstić information content (AvgIpc) is 3.80. The maximum atomic E-state index is 14.8. The predicted octanol–water partition coefficient (Wildman–Crippen LogP) is 7.93. The Labute approximate surface area is 266 Å². The Morgan fingerprint density at radius 3 is 2.49 bits per heavy atom. The molecule has 1 N–H and O–H groups in total. The second-order valence-corrected chi connectivity index (χ2v) is 13.3. The highest BCUT2D eigenvalue weighted by Crippen LogP contribution is 2.45. The molecule has 0 saturated heterocycles. The highest BCUT2D eigenvalue weighted by atomic mass is 35.5. The summed E-state index contributed by atoms with van der Waals surface area (Å²) < 4.78 is 44.8. The minimum atomic E-state index is -4.07. The van der Waals surface area contributed by atoms with Gasteiger partial charge in [-0.1, -0.05) is 72.3 Å². The van der Waals surface area contributed by atoms with Gasteiger partial charge in [0.15, 0.2) is 0 Å². The molecule has 0 atom stereocenters. The van der Waals surface area contributed by atoms with Crippen LogP contribution in [-0.2, 0) is 15.8 Å². The first kappa shape index (κ1) is 28.6. The van der Waals surface area contributed by atoms with Crippen molar-refractivity contribution in [2.24, 2.45) is 0 Å². The molecule has 8 nitrogen and oxygen atoms in total. The SMILES string of the molecule is N#Cc1sccc1-c1c(-c2cccc(-c3ccc(-c4nn[nH]n4)cc3Cl)c2)n(S(=O)(=O)Cc2ccccc2)c2ccc(F)cc12. The number of rotatable bonds is 7. The summed E-state index contributed by atoms with van der Waals surface area (Å²) in [5.41, 5.74) is 4.84. The molecule has 0 spiro atoms. The molecule has 45 heavy (non-hydrogen) atoms. The molecule has 0 unspecified atom stereocenters. The summed E-state index contributed by atoms with van der Waals surface area (Å²) in [7, 11) is -4.07. The Balaban J connectivity index is 1.50. The molecular weight excluding hydrogens is 631 g/mol. The Kier molecular flexibility index (Phi) is 7.25. The van der Waals surface area contributed by atoms with Crippen molar-refractivity contribution in [1.29, 1.82) is 5.26 Å². The number of benzene rings is 4. The van der Waals surface area contributed by atoms with E-state index in [-0.39, 0.29) is 5.75 Å². The van der Waals surface area contributed by atoms with Crippen LogP contribution in [0.3, 0.4) is 0 Å². The van der Waals surface area contributed by atoms with Gasteiger partial charge in [-0.3, -0.25) is 0 Å². The largest absolute Gasteiger partial charge is 0.243 e. The lowest BCUT2D eigenvalue weighted by Gasteiger charge is -2.15. The van der Waals surface area contributed by atoms with E-state index in [0.717, 1.165) is 5.56 Å². The van der Waals surface area contributed by atoms with Gasteiger partial charge in [0.2, 0.25) is 15.8 Å². The van der Waals surface area contributed by atoms with Crippen LogP contribution in [0.25, 0.3) is 55.8 Å². The topological polar surface area (TPSA) is 117 Å². The molecule has 0 amide bonds. The van der Waals surface area contributed by atoms with E-state index < -0.39 is 15.8 Å². The van der Waals surface area contributed by atoms with Gasteiger partial charge >= 0.3 is 0 Å². The lowest BCUT2D eigenvalue weighted by Crippen LogP contribution is -2.16. The number of aromatic amines is 1. The van der Waals surface area contributed by atoms with Gasteiger partial charge in [-0.15, -0.1) is 21.5 Å². The number of nitrogens with zero attached hydrogens (tertiary/aromatic N) is 5. The van der Waals surface area contributed by atoms with E-state index in [1.54, 1.807) is 47.8 Å². The monoisotopic (exact) mass is 650 g/mol. The fourth-order valence-corrected chi connectivity index (χ4v) is 8.16. The number of aromatic nitrogens is 5. The Bertz CT molecular complexity index is 2360. The highest BCUT2D eigenvalue weighted by molar-refractivity contribution is 7.89. The number of nitrogens with one attached hydrogen (secondary N) is 1. The van der Waals surface area contributed by atoms with Gasteiger partial charge in [0.25, 0.3) is 0 Å². The molecule has 0 saturated carbocycles. The number of thiophene rings is 1. The van der Waals surface area contributed by atoms with Crippen molar-refractivity contribution in [2.45, 2.75) is 5.75 Å². The molecular formula is C33H20ClFN6O2S2. The van der Waals surface area contributed by atoms with Crippen LogP contribution in [0.4, 0.5) is 4.39 Å². The maximum absolute atomic E-state index is 14.8. The van der Waals surface area contributed by atoms with Crippen LogP contribution >= 0.6 is 22.9 Å². The lowest BCUT2D eigenvalue weighted by atomic mass is 9.96. The third-order valence-corrected chi connectivity index (χ3v) is 10.2. The van der Waals surface area contributed by atoms with Crippen molar-refractivity contribution in [1.82, 2.24) is 24.6 Å². The highest BCUT2D eigenvalue weighted by Gasteiger charge is 2.29. The van der Waals surface area contributed by atoms with Gasteiger partial charge in [-0.05, 0) is 58.1 Å². The zero-order valence-corrected chi connectivity index (χ0v) is 25.5. The van der Waals surface area contributed by atoms with Gasteiger partial charge in [0, 0.05) is 38.2 Å². The van der Waals surface area contributed by atoms with Crippen molar-refractivity contribution in [3.63, 3.8) is 0 Å². The molecule has 220 valence electrons. The summed E-state index contributed by atoms with van der Waals surface area (Å²) in [4.78, 5) is 0.385. The van der Waals surface area contributed by atoms with Crippen molar-refractivity contribution < 1.29 is 12.8 Å². The van der Waals surface area contributed by atoms with Gasteiger partial charge in [-0.2, -0.15) is 10.5 Å². The summed E-state index contributed by atoms with van der Waals surface area (Å²) in [6.07, 6.45) is 0. The Hall–Kier alpha value is -5.15. The lowest BCUT2D eigenvalue weighted by molar-refractivity contribution is 0.588. The first-order chi connectivity index (χ1) is 21.8. The van der Waals surface area contributed by atoms with E-state index in [0.29, 0.717) is 65.7 Å². The number of hydrogen-bond donors (Lipinski definition) is 1. The Morgan fingerprint density at radius 1 is 0.911 bits per heavy atom. The molecule has 0 aliphatic heterocycles. The van der Waals surface area contributed by atoms with Gasteiger partial charge in [-0.25, -0.2) is 16.8 Å². The van der Waals surface area contributed by atoms with Crippen LogP contribution in [0.2, 0.25) is 5.02 Å². The second-order valence-electron chi connectivity index (χ2n) is 10.2. The van der Waals surface area contributed by atoms with Crippen LogP contribution in [0, 0.1) is 17.1 Å². The first-order valence-electron chi connectivity index (χ1n) is 13.6. The number of halogens is 2. The zero-order chi connectivity index (χ0) is 31.1. The normalized spacial score (nSPS) is 11.6. The van der Waals surface area contributed by atoms with Crippen molar-refractivity contribution in [3.8, 4) is 51.0 Å². The quantitative estimate of drug-likeness (QED) is 0.187. The summed E-state index contributed by atoms with van der Waals surface area (Å²) >= 11 is 7.98. The maximum Gasteiger partial charge on any atom is 0.243 e. The average molecular weight is 651 g/mol. The molecule has 0 fully saturated rings. The first-order valence-corrected chi connectivity index (χ1v) is 16.4. The van der Waals surface area contributed by atoms with E-state index >= 15 is 0 Å². The van der Waals surface area contributed by atoms with E-state index in [1.165, 1.54) is 33.5 Å². The van der Waals surface area contributed by atoms with Crippen molar-refractivity contribution in [2.75, 3.05) is 0 Å². The fraction of sp³-hybridized carbons (Fsp3) is 0.0303. The number of H-pyrrole nitrogens is 1. The molecule has 12 heteroatoms. The van der Waals surface area contributed by atoms with Crippen molar-refractivity contribution >= 4 is 43.9 Å². The molecule has 0 aliphatic carbocycles. The molecule has 0 radical (unpaired) electrons. The van der Waals surface area contributed by atoms with E-state index in [1.807, 2.05) is 36.4 Å². The standard InChI is InChI=1S/C33H20ClFN6O2S2/c34-28-16-23(33-37-39-40-38-33)9-11-25(28)21-7-4-8-22(15-21)32-31(26-13-14-44-30(26)18-36)27-17-24(35)10-12-29(27)41(32)45(42,43)19-20-5-2-1-3-6-20/h1-17H,19H2,(H,37,38,39,40). The van der Waals surface area contributed by atoms with Crippen LogP contribution in [-0.4, -0.2) is 33.0 Å².